The quantitative estimate of drug-likeness (QED) is 0.146. The molecule has 14 rings (SSSR count). The maximum atomic E-state index is 2.37. The van der Waals surface area contributed by atoms with Crippen LogP contribution in [0.5, 0.6) is 0 Å². The molecule has 66 heavy (non-hydrogen) atoms. The third kappa shape index (κ3) is 5.72. The van der Waals surface area contributed by atoms with Gasteiger partial charge in [0.05, 0.1) is 0 Å². The molecular weight excluding hydrogens is 793 g/mol. The van der Waals surface area contributed by atoms with E-state index < -0.39 is 0 Å². The standard InChI is InChI=1S/C66H40/c1-2-18-55-41(8-1)9-7-19-56(55)42-20-22-43(23-21-42)57-32-26-47-31-37-62-59(34-28-48-30-36-60(57)65(47)66(48)62)54-17-6-15-52(40-54)50-13-4-12-49(38-50)51-14-5-16-53(39-51)58-33-27-46-25-24-44-10-3-11-45-29-35-61(58)64(46)63(44)45/h1-40H. The molecular formula is C66H40. The molecule has 0 amide bonds. The average Bonchev–Trinajstić information content (AvgIpc) is 3.39. The van der Waals surface area contributed by atoms with E-state index in [1.165, 1.54) is 142 Å². The van der Waals surface area contributed by atoms with Crippen molar-refractivity contribution in [3.63, 3.8) is 0 Å². The second kappa shape index (κ2) is 14.5. The maximum absolute atomic E-state index is 2.37. The molecule has 0 saturated heterocycles. The van der Waals surface area contributed by atoms with Crippen LogP contribution in [0.4, 0.5) is 0 Å². The summed E-state index contributed by atoms with van der Waals surface area (Å²) in [5, 5.41) is 18.2. The first-order valence-electron chi connectivity index (χ1n) is 23.0. The lowest BCUT2D eigenvalue weighted by atomic mass is 9.86. The molecule has 0 N–H and O–H groups in total. The second-order valence-corrected chi connectivity index (χ2v) is 18.0. The molecule has 0 aliphatic heterocycles. The van der Waals surface area contributed by atoms with E-state index in [1.807, 2.05) is 0 Å². The van der Waals surface area contributed by atoms with Crippen molar-refractivity contribution in [3.05, 3.63) is 243 Å². The Labute approximate surface area is 383 Å². The Hall–Kier alpha value is -8.58. The Morgan fingerprint density at radius 1 is 0.152 bits per heavy atom. The fraction of sp³-hybridized carbons (Fsp3) is 0. The summed E-state index contributed by atoms with van der Waals surface area (Å²) in [4.78, 5) is 0. The Balaban J connectivity index is 0.821. The SMILES string of the molecule is c1cc(-c2cccc(-c3ccc4ccc5cccc6ccc3c4c56)c2)cc(-c2cccc(-c3ccc4ccc5c(-c6ccc(-c7cccc8ccccc78)cc6)ccc6ccc3c4c65)c2)c1. The van der Waals surface area contributed by atoms with Crippen LogP contribution >= 0.6 is 0 Å². The van der Waals surface area contributed by atoms with E-state index in [0.717, 1.165) is 0 Å². The number of hydrogen-bond donors (Lipinski definition) is 0. The summed E-state index contributed by atoms with van der Waals surface area (Å²) in [7, 11) is 0. The van der Waals surface area contributed by atoms with Crippen molar-refractivity contribution in [1.29, 1.82) is 0 Å². The number of rotatable bonds is 6. The minimum Gasteiger partial charge on any atom is -0.0616 e. The lowest BCUT2D eigenvalue weighted by Gasteiger charge is -2.17. The van der Waals surface area contributed by atoms with Crippen LogP contribution in [0.2, 0.25) is 0 Å². The van der Waals surface area contributed by atoms with Crippen LogP contribution in [-0.4, -0.2) is 0 Å². The van der Waals surface area contributed by atoms with E-state index in [9.17, 15) is 0 Å². The fourth-order valence-corrected chi connectivity index (χ4v) is 11.2. The van der Waals surface area contributed by atoms with E-state index in [1.54, 1.807) is 0 Å². The topological polar surface area (TPSA) is 0 Å². The number of fused-ring (bicyclic) bond motifs is 1. The molecule has 0 aliphatic rings. The van der Waals surface area contributed by atoms with Crippen molar-refractivity contribution < 1.29 is 0 Å². The summed E-state index contributed by atoms with van der Waals surface area (Å²) in [6, 6.07) is 90.4. The van der Waals surface area contributed by atoms with Crippen LogP contribution in [0.25, 0.3) is 142 Å². The summed E-state index contributed by atoms with van der Waals surface area (Å²) in [6.07, 6.45) is 0. The highest BCUT2D eigenvalue weighted by Gasteiger charge is 2.17. The molecule has 0 atom stereocenters. The van der Waals surface area contributed by atoms with Gasteiger partial charge >= 0.3 is 0 Å². The molecule has 0 fully saturated rings. The zero-order chi connectivity index (χ0) is 43.3. The van der Waals surface area contributed by atoms with Crippen LogP contribution in [0.1, 0.15) is 0 Å². The molecule has 0 heteroatoms. The van der Waals surface area contributed by atoms with E-state index >= 15 is 0 Å². The first-order chi connectivity index (χ1) is 32.7. The van der Waals surface area contributed by atoms with Crippen molar-refractivity contribution in [2.24, 2.45) is 0 Å². The van der Waals surface area contributed by atoms with E-state index in [0.29, 0.717) is 0 Å². The molecule has 0 saturated carbocycles. The zero-order valence-electron chi connectivity index (χ0n) is 36.1. The van der Waals surface area contributed by atoms with Crippen molar-refractivity contribution >= 4 is 75.4 Å². The molecule has 0 unspecified atom stereocenters. The van der Waals surface area contributed by atoms with Gasteiger partial charge in [0.15, 0.2) is 0 Å². The average molecular weight is 833 g/mol. The van der Waals surface area contributed by atoms with Crippen molar-refractivity contribution in [3.8, 4) is 66.8 Å². The van der Waals surface area contributed by atoms with Gasteiger partial charge in [0.1, 0.15) is 0 Å². The van der Waals surface area contributed by atoms with Crippen molar-refractivity contribution in [2.45, 2.75) is 0 Å². The minimum atomic E-state index is 1.20. The number of hydrogen-bond acceptors (Lipinski definition) is 0. The molecule has 0 nitrogen and oxygen atoms in total. The van der Waals surface area contributed by atoms with E-state index in [-0.39, 0.29) is 0 Å². The summed E-state index contributed by atoms with van der Waals surface area (Å²) < 4.78 is 0. The van der Waals surface area contributed by atoms with E-state index in [4.69, 9.17) is 0 Å². The highest BCUT2D eigenvalue weighted by Crippen LogP contribution is 2.44. The summed E-state index contributed by atoms with van der Waals surface area (Å²) >= 11 is 0. The predicted molar refractivity (Wildman–Crippen MR) is 284 cm³/mol. The molecule has 0 bridgehead atoms. The summed E-state index contributed by atoms with van der Waals surface area (Å²) in [5.74, 6) is 0. The third-order valence-corrected chi connectivity index (χ3v) is 14.4. The van der Waals surface area contributed by atoms with Gasteiger partial charge in [-0.3, -0.25) is 0 Å². The molecule has 0 radical (unpaired) electrons. The Morgan fingerprint density at radius 3 is 0.985 bits per heavy atom. The maximum Gasteiger partial charge on any atom is -0.00203 e. The molecule has 0 aromatic heterocycles. The van der Waals surface area contributed by atoms with Crippen molar-refractivity contribution in [1.82, 2.24) is 0 Å². The smallest absolute Gasteiger partial charge is 0.00203 e. The molecule has 14 aromatic carbocycles. The van der Waals surface area contributed by atoms with Crippen LogP contribution < -0.4 is 0 Å². The van der Waals surface area contributed by atoms with Crippen LogP contribution in [0, 0.1) is 0 Å². The van der Waals surface area contributed by atoms with Crippen LogP contribution in [0.15, 0.2) is 243 Å². The highest BCUT2D eigenvalue weighted by molar-refractivity contribution is 6.28. The predicted octanol–water partition coefficient (Wildman–Crippen LogP) is 18.6. The van der Waals surface area contributed by atoms with Crippen LogP contribution in [-0.2, 0) is 0 Å². The van der Waals surface area contributed by atoms with Gasteiger partial charge in [-0.1, -0.05) is 224 Å². The summed E-state index contributed by atoms with van der Waals surface area (Å²) in [5.41, 5.74) is 14.8. The Morgan fingerprint density at radius 2 is 0.470 bits per heavy atom. The molecule has 0 heterocycles. The molecule has 14 aromatic rings. The molecule has 0 aliphatic carbocycles. The normalized spacial score (nSPS) is 11.9. The van der Waals surface area contributed by atoms with Gasteiger partial charge in [-0.25, -0.2) is 0 Å². The fourth-order valence-electron chi connectivity index (χ4n) is 11.2. The first-order valence-corrected chi connectivity index (χ1v) is 23.0. The van der Waals surface area contributed by atoms with Gasteiger partial charge in [0.25, 0.3) is 0 Å². The highest BCUT2D eigenvalue weighted by atomic mass is 14.2. The van der Waals surface area contributed by atoms with Crippen LogP contribution in [0.3, 0.4) is 0 Å². The monoisotopic (exact) mass is 832 g/mol. The lowest BCUT2D eigenvalue weighted by Crippen LogP contribution is -1.90. The lowest BCUT2D eigenvalue weighted by molar-refractivity contribution is 1.58. The number of benzene rings is 14. The zero-order valence-corrected chi connectivity index (χ0v) is 36.1. The summed E-state index contributed by atoms with van der Waals surface area (Å²) in [6.45, 7) is 0. The van der Waals surface area contributed by atoms with Crippen molar-refractivity contribution in [2.75, 3.05) is 0 Å². The van der Waals surface area contributed by atoms with E-state index in [2.05, 4.69) is 243 Å². The molecule has 304 valence electrons. The minimum absolute atomic E-state index is 1.20. The van der Waals surface area contributed by atoms with Gasteiger partial charge < -0.3 is 0 Å². The third-order valence-electron chi connectivity index (χ3n) is 14.4. The van der Waals surface area contributed by atoms with Gasteiger partial charge in [0.2, 0.25) is 0 Å². The van der Waals surface area contributed by atoms with Gasteiger partial charge in [-0.05, 0) is 160 Å². The Kier molecular flexibility index (Phi) is 8.08. The van der Waals surface area contributed by atoms with Gasteiger partial charge in [-0.15, -0.1) is 0 Å². The largest absolute Gasteiger partial charge is 0.0616 e. The second-order valence-electron chi connectivity index (χ2n) is 18.0. The van der Waals surface area contributed by atoms with Gasteiger partial charge in [-0.2, -0.15) is 0 Å². The Bertz CT molecular complexity index is 4190. The van der Waals surface area contributed by atoms with Gasteiger partial charge in [0, 0.05) is 0 Å². The first kappa shape index (κ1) is 36.9. The molecule has 0 spiro atoms.